The topological polar surface area (TPSA) is 72.5 Å². The Balaban J connectivity index is 2.21. The minimum Gasteiger partial charge on any atom is -0.377 e. The van der Waals surface area contributed by atoms with Crippen molar-refractivity contribution in [3.63, 3.8) is 0 Å². The fourth-order valence-electron chi connectivity index (χ4n) is 2.09. The van der Waals surface area contributed by atoms with Gasteiger partial charge in [-0.05, 0) is 42.7 Å². The van der Waals surface area contributed by atoms with Crippen molar-refractivity contribution in [2.75, 3.05) is 11.2 Å². The minimum absolute atomic E-state index is 0.0507. The lowest BCUT2D eigenvalue weighted by molar-refractivity contribution is -0.114. The molecule has 0 saturated heterocycles. The van der Waals surface area contributed by atoms with Crippen LogP contribution < -0.4 is 9.50 Å². The molecule has 0 heterocycles. The maximum atomic E-state index is 12.4. The molecular weight excluding hydrogens is 350 g/mol. The van der Waals surface area contributed by atoms with E-state index in [-0.39, 0.29) is 16.6 Å². The Morgan fingerprint density at radius 2 is 1.79 bits per heavy atom. The molecule has 0 saturated carbocycles. The second-order valence-electron chi connectivity index (χ2n) is 5.15. The summed E-state index contributed by atoms with van der Waals surface area (Å²) in [5.41, 5.74) is 1.31. The summed E-state index contributed by atoms with van der Waals surface area (Å²) < 4.78 is 30.0. The van der Waals surface area contributed by atoms with Gasteiger partial charge >= 0.3 is 10.1 Å². The van der Waals surface area contributed by atoms with E-state index in [1.54, 1.807) is 30.3 Å². The number of halogens is 1. The summed E-state index contributed by atoms with van der Waals surface area (Å²) in [6.45, 7) is 1.34. The van der Waals surface area contributed by atoms with Gasteiger partial charge < -0.3 is 9.50 Å². The van der Waals surface area contributed by atoms with Gasteiger partial charge in [-0.15, -0.1) is 11.6 Å². The average molecular weight is 368 g/mol. The van der Waals surface area contributed by atoms with Crippen molar-refractivity contribution in [2.45, 2.75) is 24.7 Å². The number of benzene rings is 2. The Morgan fingerprint density at radius 1 is 1.12 bits per heavy atom. The van der Waals surface area contributed by atoms with E-state index >= 15 is 0 Å². The van der Waals surface area contributed by atoms with E-state index in [4.69, 9.17) is 15.8 Å². The summed E-state index contributed by atoms with van der Waals surface area (Å²) in [4.78, 5) is 11.2. The highest BCUT2D eigenvalue weighted by Gasteiger charge is 2.18. The predicted molar refractivity (Wildman–Crippen MR) is 94.0 cm³/mol. The number of amides is 1. The van der Waals surface area contributed by atoms with E-state index in [2.05, 4.69) is 5.32 Å². The quantitative estimate of drug-likeness (QED) is 0.599. The Morgan fingerprint density at radius 3 is 2.42 bits per heavy atom. The Bertz CT molecular complexity index is 804. The van der Waals surface area contributed by atoms with Gasteiger partial charge in [-0.1, -0.05) is 24.3 Å². The van der Waals surface area contributed by atoms with Crippen LogP contribution in [0.4, 0.5) is 5.69 Å². The van der Waals surface area contributed by atoms with Crippen LogP contribution >= 0.6 is 11.6 Å². The second-order valence-corrected chi connectivity index (χ2v) is 7.08. The van der Waals surface area contributed by atoms with Crippen LogP contribution in [0.5, 0.6) is 5.75 Å². The smallest absolute Gasteiger partial charge is 0.339 e. The van der Waals surface area contributed by atoms with Gasteiger partial charge in [0.15, 0.2) is 5.75 Å². The second kappa shape index (κ2) is 8.17. The van der Waals surface area contributed by atoms with Crippen LogP contribution in [0.2, 0.25) is 0 Å². The molecule has 0 aromatic heterocycles. The Kier molecular flexibility index (Phi) is 6.23. The normalized spacial score (nSPS) is 11.1. The van der Waals surface area contributed by atoms with E-state index in [1.165, 1.54) is 25.1 Å². The van der Waals surface area contributed by atoms with Crippen molar-refractivity contribution >= 4 is 33.3 Å². The number of carbonyl (C=O) groups excluding carboxylic acids is 1. The largest absolute Gasteiger partial charge is 0.377 e. The van der Waals surface area contributed by atoms with E-state index in [0.717, 1.165) is 18.4 Å². The average Bonchev–Trinajstić information content (AvgIpc) is 2.54. The van der Waals surface area contributed by atoms with Crippen molar-refractivity contribution in [1.29, 1.82) is 0 Å². The molecule has 7 heteroatoms. The molecular formula is C17H18ClNO4S. The molecule has 0 aliphatic carbocycles. The zero-order valence-electron chi connectivity index (χ0n) is 13.2. The molecule has 0 aliphatic rings. The fraction of sp³-hybridized carbons (Fsp3) is 0.235. The van der Waals surface area contributed by atoms with Gasteiger partial charge in [-0.3, -0.25) is 4.79 Å². The summed E-state index contributed by atoms with van der Waals surface area (Å²) in [5.74, 6) is 0.314. The van der Waals surface area contributed by atoms with E-state index < -0.39 is 10.1 Å². The van der Waals surface area contributed by atoms with Crippen molar-refractivity contribution in [3.05, 3.63) is 54.1 Å². The van der Waals surface area contributed by atoms with Crippen LogP contribution in [0.1, 0.15) is 18.9 Å². The van der Waals surface area contributed by atoms with Crippen LogP contribution in [-0.4, -0.2) is 20.2 Å². The standard InChI is InChI=1S/C17H18ClNO4S/c1-13(20)19-16-6-2-3-7-17(16)23-24(21,22)15-10-8-14(9-11-15)5-4-12-18/h2-3,6-11H,4-5,12H2,1H3,(H,19,20). The summed E-state index contributed by atoms with van der Waals surface area (Å²) >= 11 is 5.65. The van der Waals surface area contributed by atoms with Crippen LogP contribution in [0.15, 0.2) is 53.4 Å². The summed E-state index contributed by atoms with van der Waals surface area (Å²) in [6.07, 6.45) is 1.62. The number of carbonyl (C=O) groups is 1. The fourth-order valence-corrected chi connectivity index (χ4v) is 3.17. The van der Waals surface area contributed by atoms with Crippen molar-refractivity contribution in [2.24, 2.45) is 0 Å². The molecule has 1 amide bonds. The number of alkyl halides is 1. The van der Waals surface area contributed by atoms with E-state index in [0.29, 0.717) is 11.6 Å². The van der Waals surface area contributed by atoms with Crippen LogP contribution in [0, 0.1) is 0 Å². The lowest BCUT2D eigenvalue weighted by Crippen LogP contribution is -2.13. The number of aryl methyl sites for hydroxylation is 1. The number of para-hydroxylation sites is 2. The molecule has 0 fully saturated rings. The van der Waals surface area contributed by atoms with Gasteiger partial charge in [-0.25, -0.2) is 0 Å². The Hall–Kier alpha value is -2.05. The van der Waals surface area contributed by atoms with Gasteiger partial charge in [0.1, 0.15) is 4.90 Å². The van der Waals surface area contributed by atoms with E-state index in [9.17, 15) is 13.2 Å². The molecule has 2 aromatic rings. The molecule has 2 rings (SSSR count). The summed E-state index contributed by atoms with van der Waals surface area (Å²) in [6, 6.07) is 12.8. The first-order valence-electron chi connectivity index (χ1n) is 7.38. The number of hydrogen-bond acceptors (Lipinski definition) is 4. The molecule has 1 N–H and O–H groups in total. The van der Waals surface area contributed by atoms with Gasteiger partial charge in [0.05, 0.1) is 5.69 Å². The highest BCUT2D eigenvalue weighted by Crippen LogP contribution is 2.27. The van der Waals surface area contributed by atoms with Crippen molar-refractivity contribution < 1.29 is 17.4 Å². The first kappa shape index (κ1) is 18.3. The number of anilines is 1. The van der Waals surface area contributed by atoms with Gasteiger partial charge in [0.2, 0.25) is 5.91 Å². The zero-order chi connectivity index (χ0) is 17.6. The molecule has 0 radical (unpaired) electrons. The van der Waals surface area contributed by atoms with Crippen molar-refractivity contribution in [3.8, 4) is 5.75 Å². The minimum atomic E-state index is -3.99. The lowest BCUT2D eigenvalue weighted by Gasteiger charge is -2.12. The van der Waals surface area contributed by atoms with Crippen molar-refractivity contribution in [1.82, 2.24) is 0 Å². The van der Waals surface area contributed by atoms with Gasteiger partial charge in [0.25, 0.3) is 0 Å². The molecule has 128 valence electrons. The highest BCUT2D eigenvalue weighted by molar-refractivity contribution is 7.87. The maximum absolute atomic E-state index is 12.4. The predicted octanol–water partition coefficient (Wildman–Crippen LogP) is 3.58. The summed E-state index contributed by atoms with van der Waals surface area (Å²) in [5, 5.41) is 2.54. The first-order valence-corrected chi connectivity index (χ1v) is 9.32. The summed E-state index contributed by atoms with van der Waals surface area (Å²) in [7, 11) is -3.99. The number of hydrogen-bond donors (Lipinski definition) is 1. The zero-order valence-corrected chi connectivity index (χ0v) is 14.7. The van der Waals surface area contributed by atoms with Crippen LogP contribution in [0.3, 0.4) is 0 Å². The molecule has 5 nitrogen and oxygen atoms in total. The first-order chi connectivity index (χ1) is 11.4. The van der Waals surface area contributed by atoms with Crippen LogP contribution in [-0.2, 0) is 21.3 Å². The lowest BCUT2D eigenvalue weighted by atomic mass is 10.1. The molecule has 0 atom stereocenters. The molecule has 24 heavy (non-hydrogen) atoms. The third-order valence-electron chi connectivity index (χ3n) is 3.21. The molecule has 2 aromatic carbocycles. The third kappa shape index (κ3) is 4.97. The SMILES string of the molecule is CC(=O)Nc1ccccc1OS(=O)(=O)c1ccc(CCCCl)cc1. The maximum Gasteiger partial charge on any atom is 0.339 e. The van der Waals surface area contributed by atoms with Gasteiger partial charge in [-0.2, -0.15) is 8.42 Å². The number of nitrogens with one attached hydrogen (secondary N) is 1. The highest BCUT2D eigenvalue weighted by atomic mass is 35.5. The van der Waals surface area contributed by atoms with E-state index in [1.807, 2.05) is 0 Å². The molecule has 0 aliphatic heterocycles. The third-order valence-corrected chi connectivity index (χ3v) is 4.72. The molecule has 0 spiro atoms. The van der Waals surface area contributed by atoms with Gasteiger partial charge in [0, 0.05) is 12.8 Å². The molecule has 0 unspecified atom stereocenters. The Labute approximate surface area is 146 Å². The van der Waals surface area contributed by atoms with Crippen LogP contribution in [0.25, 0.3) is 0 Å². The number of rotatable bonds is 7. The molecule has 0 bridgehead atoms. The monoisotopic (exact) mass is 367 g/mol.